The van der Waals surface area contributed by atoms with Crippen LogP contribution in [0.1, 0.15) is 12.5 Å². The Bertz CT molecular complexity index is 611. The zero-order valence-electron chi connectivity index (χ0n) is 8.94. The highest BCUT2D eigenvalue weighted by Gasteiger charge is 2.22. The number of hydrogen-bond acceptors (Lipinski definition) is 3. The molecule has 0 radical (unpaired) electrons. The Morgan fingerprint density at radius 2 is 2.18 bits per heavy atom. The third-order valence-corrected chi connectivity index (χ3v) is 3.54. The molecule has 1 atom stereocenters. The van der Waals surface area contributed by atoms with Crippen molar-refractivity contribution in [2.75, 3.05) is 0 Å². The lowest BCUT2D eigenvalue weighted by Gasteiger charge is -2.10. The second kappa shape index (κ2) is 4.96. The highest BCUT2D eigenvalue weighted by atomic mass is 32.2. The fourth-order valence-corrected chi connectivity index (χ4v) is 2.50. The molecule has 1 N–H and O–H groups in total. The molecule has 0 bridgehead atoms. The molecule has 4 nitrogen and oxygen atoms in total. The Balaban J connectivity index is 3.32. The summed E-state index contributed by atoms with van der Waals surface area (Å²) in [5.41, 5.74) is -0.524. The van der Waals surface area contributed by atoms with E-state index in [-0.39, 0.29) is 0 Å². The maximum absolute atomic E-state index is 13.2. The van der Waals surface area contributed by atoms with Crippen LogP contribution in [-0.2, 0) is 10.0 Å². The number of rotatable bonds is 3. The van der Waals surface area contributed by atoms with Gasteiger partial charge in [0.2, 0.25) is 10.0 Å². The van der Waals surface area contributed by atoms with Crippen molar-refractivity contribution in [1.29, 1.82) is 5.26 Å². The average Bonchev–Trinajstić information content (AvgIpc) is 2.28. The van der Waals surface area contributed by atoms with Crippen LogP contribution in [0.25, 0.3) is 0 Å². The molecule has 0 saturated heterocycles. The quantitative estimate of drug-likeness (QED) is 0.816. The summed E-state index contributed by atoms with van der Waals surface area (Å²) in [6.07, 6.45) is 5.04. The third-order valence-electron chi connectivity index (χ3n) is 1.96. The van der Waals surface area contributed by atoms with Crippen molar-refractivity contribution in [1.82, 2.24) is 4.72 Å². The second-order valence-corrected chi connectivity index (χ2v) is 4.92. The number of sulfonamides is 1. The smallest absolute Gasteiger partial charge is 0.207 e. The summed E-state index contributed by atoms with van der Waals surface area (Å²) in [7, 11) is -3.99. The molecule has 0 aliphatic rings. The van der Waals surface area contributed by atoms with E-state index in [1.165, 1.54) is 19.1 Å². The summed E-state index contributed by atoms with van der Waals surface area (Å²) < 4.78 is 39.0. The maximum Gasteiger partial charge on any atom is 0.243 e. The molecular weight excluding hydrogens is 243 g/mol. The van der Waals surface area contributed by atoms with Gasteiger partial charge in [-0.15, -0.1) is 6.42 Å². The molecule has 6 heteroatoms. The molecular formula is C11H9FN2O2S. The number of nitrogens with one attached hydrogen (secondary N) is 1. The fourth-order valence-electron chi connectivity index (χ4n) is 1.17. The lowest BCUT2D eigenvalue weighted by atomic mass is 10.2. The molecule has 88 valence electrons. The molecule has 0 heterocycles. The van der Waals surface area contributed by atoms with Gasteiger partial charge in [0.25, 0.3) is 0 Å². The van der Waals surface area contributed by atoms with Crippen LogP contribution in [0.4, 0.5) is 4.39 Å². The first-order chi connectivity index (χ1) is 7.92. The van der Waals surface area contributed by atoms with Gasteiger partial charge >= 0.3 is 0 Å². The predicted molar refractivity (Wildman–Crippen MR) is 59.7 cm³/mol. The van der Waals surface area contributed by atoms with Crippen molar-refractivity contribution in [2.45, 2.75) is 17.9 Å². The topological polar surface area (TPSA) is 70.0 Å². The molecule has 1 aromatic rings. The summed E-state index contributed by atoms with van der Waals surface area (Å²) in [6, 6.07) is 4.15. The minimum atomic E-state index is -3.99. The average molecular weight is 252 g/mol. The minimum Gasteiger partial charge on any atom is -0.207 e. The van der Waals surface area contributed by atoms with Crippen LogP contribution >= 0.6 is 0 Å². The number of nitrogens with zero attached hydrogens (tertiary/aromatic N) is 1. The van der Waals surface area contributed by atoms with Crippen LogP contribution in [0.2, 0.25) is 0 Å². The molecule has 0 aromatic heterocycles. The van der Waals surface area contributed by atoms with Gasteiger partial charge in [0.1, 0.15) is 22.3 Å². The second-order valence-electron chi connectivity index (χ2n) is 3.23. The van der Waals surface area contributed by atoms with Gasteiger partial charge in [-0.25, -0.2) is 12.8 Å². The van der Waals surface area contributed by atoms with Gasteiger partial charge < -0.3 is 0 Å². The van der Waals surface area contributed by atoms with Crippen molar-refractivity contribution in [2.24, 2.45) is 0 Å². The van der Waals surface area contributed by atoms with E-state index in [0.717, 1.165) is 12.1 Å². The van der Waals surface area contributed by atoms with E-state index < -0.39 is 32.3 Å². The maximum atomic E-state index is 13.2. The van der Waals surface area contributed by atoms with Gasteiger partial charge in [-0.1, -0.05) is 12.0 Å². The molecule has 1 unspecified atom stereocenters. The van der Waals surface area contributed by atoms with E-state index in [1.54, 1.807) is 0 Å². The molecule has 0 amide bonds. The Hall–Kier alpha value is -1.89. The Kier molecular flexibility index (Phi) is 3.84. The lowest BCUT2D eigenvalue weighted by Crippen LogP contribution is -2.32. The molecule has 0 aliphatic heterocycles. The Morgan fingerprint density at radius 3 is 2.71 bits per heavy atom. The van der Waals surface area contributed by atoms with Gasteiger partial charge in [-0.3, -0.25) is 0 Å². The molecule has 17 heavy (non-hydrogen) atoms. The van der Waals surface area contributed by atoms with Crippen LogP contribution in [0, 0.1) is 29.5 Å². The molecule has 0 saturated carbocycles. The largest absolute Gasteiger partial charge is 0.243 e. The monoisotopic (exact) mass is 252 g/mol. The van der Waals surface area contributed by atoms with E-state index in [0.29, 0.717) is 0 Å². The summed E-state index contributed by atoms with van der Waals surface area (Å²) in [5, 5.41) is 8.73. The Morgan fingerprint density at radius 1 is 1.53 bits per heavy atom. The standard InChI is InChI=1S/C11H9FN2O2S/c1-3-8(2)14-17(15,16)11-6-4-5-10(12)9(11)7-13/h1,4-6,8,14H,2H3. The lowest BCUT2D eigenvalue weighted by molar-refractivity contribution is 0.573. The highest BCUT2D eigenvalue weighted by Crippen LogP contribution is 2.17. The first-order valence-corrected chi connectivity index (χ1v) is 6.07. The molecule has 0 aliphatic carbocycles. The summed E-state index contributed by atoms with van der Waals surface area (Å²) in [4.78, 5) is -0.415. The van der Waals surface area contributed by atoms with Crippen molar-refractivity contribution in [3.8, 4) is 18.4 Å². The first kappa shape index (κ1) is 13.2. The van der Waals surface area contributed by atoms with Gasteiger partial charge in [0, 0.05) is 0 Å². The van der Waals surface area contributed by atoms with E-state index in [2.05, 4.69) is 10.6 Å². The SMILES string of the molecule is C#CC(C)NS(=O)(=O)c1cccc(F)c1C#N. The number of hydrogen-bond donors (Lipinski definition) is 1. The van der Waals surface area contributed by atoms with Gasteiger partial charge in [0.05, 0.1) is 6.04 Å². The number of halogens is 1. The zero-order chi connectivity index (χ0) is 13.1. The van der Waals surface area contributed by atoms with Crippen LogP contribution in [-0.4, -0.2) is 14.5 Å². The number of benzene rings is 1. The summed E-state index contributed by atoms with van der Waals surface area (Å²) in [5.74, 6) is 1.29. The number of nitriles is 1. The highest BCUT2D eigenvalue weighted by molar-refractivity contribution is 7.89. The molecule has 0 spiro atoms. The van der Waals surface area contributed by atoms with Gasteiger partial charge in [0.15, 0.2) is 0 Å². The Labute approximate surface area is 99.1 Å². The van der Waals surface area contributed by atoms with Crippen LogP contribution < -0.4 is 4.72 Å². The zero-order valence-corrected chi connectivity index (χ0v) is 9.75. The van der Waals surface area contributed by atoms with E-state index >= 15 is 0 Å². The van der Waals surface area contributed by atoms with Gasteiger partial charge in [-0.2, -0.15) is 9.98 Å². The van der Waals surface area contributed by atoms with E-state index in [1.807, 2.05) is 0 Å². The molecule has 0 fully saturated rings. The summed E-state index contributed by atoms with van der Waals surface area (Å²) >= 11 is 0. The summed E-state index contributed by atoms with van der Waals surface area (Å²) in [6.45, 7) is 1.46. The van der Waals surface area contributed by atoms with Gasteiger partial charge in [-0.05, 0) is 19.1 Å². The first-order valence-electron chi connectivity index (χ1n) is 4.59. The number of terminal acetylenes is 1. The van der Waals surface area contributed by atoms with E-state index in [9.17, 15) is 12.8 Å². The molecule has 1 aromatic carbocycles. The van der Waals surface area contributed by atoms with Crippen molar-refractivity contribution >= 4 is 10.0 Å². The molecule has 1 rings (SSSR count). The third kappa shape index (κ3) is 2.82. The van der Waals surface area contributed by atoms with Crippen LogP contribution in [0.3, 0.4) is 0 Å². The van der Waals surface area contributed by atoms with Crippen LogP contribution in [0.15, 0.2) is 23.1 Å². The van der Waals surface area contributed by atoms with Crippen LogP contribution in [0.5, 0.6) is 0 Å². The van der Waals surface area contributed by atoms with Crippen molar-refractivity contribution in [3.63, 3.8) is 0 Å². The van der Waals surface area contributed by atoms with Crippen molar-refractivity contribution < 1.29 is 12.8 Å². The van der Waals surface area contributed by atoms with E-state index in [4.69, 9.17) is 11.7 Å². The minimum absolute atomic E-state index is 0.415. The normalized spacial score (nSPS) is 12.5. The van der Waals surface area contributed by atoms with Crippen molar-refractivity contribution in [3.05, 3.63) is 29.6 Å². The predicted octanol–water partition coefficient (Wildman–Crippen LogP) is 0.997. The fraction of sp³-hybridized carbons (Fsp3) is 0.182.